The number of carboxylic acids is 1. The Labute approximate surface area is 141 Å². The minimum Gasteiger partial charge on any atom is -0.478 e. The largest absolute Gasteiger partial charge is 0.478 e. The van der Waals surface area contributed by atoms with E-state index in [1.165, 1.54) is 6.20 Å². The molecular formula is C16H25N3O3S. The van der Waals surface area contributed by atoms with Crippen molar-refractivity contribution in [3.63, 3.8) is 0 Å². The lowest BCUT2D eigenvalue weighted by molar-refractivity contribution is -0.129. The van der Waals surface area contributed by atoms with Crippen molar-refractivity contribution in [3.8, 4) is 0 Å². The fraction of sp³-hybridized carbons (Fsp3) is 0.688. The van der Waals surface area contributed by atoms with Crippen molar-refractivity contribution in [2.45, 2.75) is 51.3 Å². The lowest BCUT2D eigenvalue weighted by Gasteiger charge is -2.33. The van der Waals surface area contributed by atoms with Gasteiger partial charge in [-0.1, -0.05) is 20.8 Å². The van der Waals surface area contributed by atoms with Crippen LogP contribution in [-0.2, 0) is 4.79 Å². The molecule has 7 heteroatoms. The number of amides is 1. The summed E-state index contributed by atoms with van der Waals surface area (Å²) in [7, 11) is 0. The highest BCUT2D eigenvalue weighted by Crippen LogP contribution is 2.27. The summed E-state index contributed by atoms with van der Waals surface area (Å²) in [6.07, 6.45) is 3.04. The number of carboxylic acid groups (broad SMARTS) is 1. The van der Waals surface area contributed by atoms with Gasteiger partial charge in [0.25, 0.3) is 0 Å². The first-order chi connectivity index (χ1) is 10.7. The maximum absolute atomic E-state index is 12.3. The molecule has 2 rings (SSSR count). The van der Waals surface area contributed by atoms with Crippen LogP contribution in [0.5, 0.6) is 0 Å². The smallest absolute Gasteiger partial charge is 0.339 e. The number of aromatic carboxylic acids is 1. The van der Waals surface area contributed by atoms with E-state index in [2.05, 4.69) is 25.9 Å². The highest BCUT2D eigenvalue weighted by Gasteiger charge is 2.27. The molecule has 6 nitrogen and oxygen atoms in total. The molecule has 0 saturated carbocycles. The van der Waals surface area contributed by atoms with E-state index in [1.807, 2.05) is 4.90 Å². The summed E-state index contributed by atoms with van der Waals surface area (Å²) in [6.45, 7) is 9.52. The van der Waals surface area contributed by atoms with Gasteiger partial charge in [-0.3, -0.25) is 9.48 Å². The summed E-state index contributed by atoms with van der Waals surface area (Å²) in [6, 6.07) is 0.169. The predicted molar refractivity (Wildman–Crippen MR) is 91.0 cm³/mol. The van der Waals surface area contributed by atoms with Gasteiger partial charge in [0.1, 0.15) is 5.56 Å². The maximum atomic E-state index is 12.3. The SMILES string of the molecule is Cc1c(C(=O)O)cnn1C1CCN(C(=O)CSC(C)(C)C)CC1. The number of hydrogen-bond acceptors (Lipinski definition) is 4. The summed E-state index contributed by atoms with van der Waals surface area (Å²) < 4.78 is 1.89. The molecule has 23 heavy (non-hydrogen) atoms. The molecule has 1 aliphatic heterocycles. The quantitative estimate of drug-likeness (QED) is 0.912. The number of carbonyl (C=O) groups excluding carboxylic acids is 1. The standard InChI is InChI=1S/C16H25N3O3S/c1-11-13(15(21)22)9-17-19(11)12-5-7-18(8-6-12)14(20)10-23-16(2,3)4/h9,12H,5-8,10H2,1-4H3,(H,21,22). The highest BCUT2D eigenvalue weighted by atomic mass is 32.2. The first-order valence-electron chi connectivity index (χ1n) is 7.88. The molecule has 1 fully saturated rings. The summed E-state index contributed by atoms with van der Waals surface area (Å²) >= 11 is 1.67. The summed E-state index contributed by atoms with van der Waals surface area (Å²) in [4.78, 5) is 25.3. The Balaban J connectivity index is 1.91. The van der Waals surface area contributed by atoms with E-state index in [4.69, 9.17) is 5.11 Å². The van der Waals surface area contributed by atoms with E-state index >= 15 is 0 Å². The number of hydrogen-bond donors (Lipinski definition) is 1. The van der Waals surface area contributed by atoms with Gasteiger partial charge >= 0.3 is 5.97 Å². The number of thioether (sulfide) groups is 1. The fourth-order valence-electron chi connectivity index (χ4n) is 2.73. The van der Waals surface area contributed by atoms with Crippen LogP contribution in [0.4, 0.5) is 0 Å². The van der Waals surface area contributed by atoms with Gasteiger partial charge in [-0.2, -0.15) is 5.10 Å². The van der Waals surface area contributed by atoms with Crippen molar-refractivity contribution in [3.05, 3.63) is 17.5 Å². The maximum Gasteiger partial charge on any atom is 0.339 e. The van der Waals surface area contributed by atoms with Gasteiger partial charge < -0.3 is 10.0 Å². The fourth-order valence-corrected chi connectivity index (χ4v) is 3.47. The predicted octanol–water partition coefficient (Wildman–Crippen LogP) is 2.58. The van der Waals surface area contributed by atoms with Crippen LogP contribution in [-0.4, -0.2) is 55.3 Å². The molecule has 0 aromatic carbocycles. The highest BCUT2D eigenvalue weighted by molar-refractivity contribution is 8.01. The van der Waals surface area contributed by atoms with Crippen molar-refractivity contribution >= 4 is 23.6 Å². The van der Waals surface area contributed by atoms with Crippen LogP contribution in [0.15, 0.2) is 6.20 Å². The average molecular weight is 339 g/mol. The first kappa shape index (κ1) is 17.8. The molecule has 0 atom stereocenters. The lowest BCUT2D eigenvalue weighted by Crippen LogP contribution is -2.40. The molecule has 1 aromatic rings. The Morgan fingerprint density at radius 2 is 1.96 bits per heavy atom. The average Bonchev–Trinajstić information content (AvgIpc) is 2.86. The van der Waals surface area contributed by atoms with E-state index in [-0.39, 0.29) is 22.3 Å². The summed E-state index contributed by atoms with van der Waals surface area (Å²) in [5, 5.41) is 13.3. The molecule has 0 bridgehead atoms. The number of aromatic nitrogens is 2. The van der Waals surface area contributed by atoms with Crippen molar-refractivity contribution in [1.82, 2.24) is 14.7 Å². The first-order valence-corrected chi connectivity index (χ1v) is 8.87. The van der Waals surface area contributed by atoms with Gasteiger partial charge in [0, 0.05) is 17.8 Å². The topological polar surface area (TPSA) is 75.4 Å². The Morgan fingerprint density at radius 1 is 1.35 bits per heavy atom. The summed E-state index contributed by atoms with van der Waals surface area (Å²) in [5.74, 6) is -0.245. The zero-order valence-electron chi connectivity index (χ0n) is 14.2. The molecule has 0 radical (unpaired) electrons. The van der Waals surface area contributed by atoms with Crippen LogP contribution in [0.2, 0.25) is 0 Å². The Morgan fingerprint density at radius 3 is 2.43 bits per heavy atom. The third kappa shape index (κ3) is 4.50. The minimum atomic E-state index is -0.944. The van der Waals surface area contributed by atoms with Crippen LogP contribution in [0.1, 0.15) is 55.7 Å². The second-order valence-electron chi connectivity index (χ2n) is 6.91. The molecule has 0 spiro atoms. The normalized spacial score (nSPS) is 16.6. The molecule has 1 saturated heterocycles. The number of nitrogens with zero attached hydrogens (tertiary/aromatic N) is 3. The van der Waals surface area contributed by atoms with Crippen molar-refractivity contribution in [1.29, 1.82) is 0 Å². The molecule has 1 aromatic heterocycles. The van der Waals surface area contributed by atoms with Crippen LogP contribution in [0.25, 0.3) is 0 Å². The molecule has 0 aliphatic carbocycles. The van der Waals surface area contributed by atoms with Gasteiger partial charge in [-0.05, 0) is 19.8 Å². The van der Waals surface area contributed by atoms with E-state index in [9.17, 15) is 9.59 Å². The van der Waals surface area contributed by atoms with Gasteiger partial charge in [0.2, 0.25) is 5.91 Å². The number of likely N-dealkylation sites (tertiary alicyclic amines) is 1. The molecule has 1 amide bonds. The number of carbonyl (C=O) groups is 2. The third-order valence-corrected chi connectivity index (χ3v) is 5.32. The Bertz CT molecular complexity index is 584. The Hall–Kier alpha value is -1.50. The number of piperidine rings is 1. The van der Waals surface area contributed by atoms with Gasteiger partial charge in [-0.15, -0.1) is 11.8 Å². The third-order valence-electron chi connectivity index (χ3n) is 4.07. The zero-order chi connectivity index (χ0) is 17.2. The molecule has 2 heterocycles. The summed E-state index contributed by atoms with van der Waals surface area (Å²) in [5.41, 5.74) is 0.940. The molecular weight excluding hydrogens is 314 g/mol. The van der Waals surface area contributed by atoms with Crippen LogP contribution < -0.4 is 0 Å². The zero-order valence-corrected chi connectivity index (χ0v) is 15.0. The monoisotopic (exact) mass is 339 g/mol. The van der Waals surface area contributed by atoms with Gasteiger partial charge in [0.05, 0.1) is 23.7 Å². The van der Waals surface area contributed by atoms with Crippen molar-refractivity contribution in [2.24, 2.45) is 0 Å². The van der Waals surface area contributed by atoms with Crippen LogP contribution in [0.3, 0.4) is 0 Å². The molecule has 1 aliphatic rings. The van der Waals surface area contributed by atoms with E-state index in [1.54, 1.807) is 23.4 Å². The van der Waals surface area contributed by atoms with Crippen LogP contribution in [0, 0.1) is 6.92 Å². The Kier molecular flexibility index (Phi) is 5.39. The second kappa shape index (κ2) is 6.95. The minimum absolute atomic E-state index is 0.0907. The van der Waals surface area contributed by atoms with E-state index < -0.39 is 5.97 Å². The van der Waals surface area contributed by atoms with E-state index in [0.717, 1.165) is 12.8 Å². The lowest BCUT2D eigenvalue weighted by atomic mass is 10.0. The van der Waals surface area contributed by atoms with Gasteiger partial charge in [0.15, 0.2) is 0 Å². The van der Waals surface area contributed by atoms with E-state index in [0.29, 0.717) is 24.5 Å². The van der Waals surface area contributed by atoms with Gasteiger partial charge in [-0.25, -0.2) is 4.79 Å². The number of rotatable bonds is 4. The molecule has 128 valence electrons. The van der Waals surface area contributed by atoms with Crippen molar-refractivity contribution in [2.75, 3.05) is 18.8 Å². The van der Waals surface area contributed by atoms with Crippen LogP contribution >= 0.6 is 11.8 Å². The molecule has 0 unspecified atom stereocenters. The van der Waals surface area contributed by atoms with Crippen molar-refractivity contribution < 1.29 is 14.7 Å². The molecule has 1 N–H and O–H groups in total. The second-order valence-corrected chi connectivity index (χ2v) is 8.71.